The van der Waals surface area contributed by atoms with Gasteiger partial charge < -0.3 is 5.73 Å². The summed E-state index contributed by atoms with van der Waals surface area (Å²) in [6.45, 7) is 3.04. The predicted octanol–water partition coefficient (Wildman–Crippen LogP) is 3.25. The molecule has 0 aliphatic carbocycles. The van der Waals surface area contributed by atoms with Gasteiger partial charge in [-0.2, -0.15) is 0 Å². The molecule has 0 bridgehead atoms. The maximum atomic E-state index is 5.36. The van der Waals surface area contributed by atoms with E-state index in [0.29, 0.717) is 0 Å². The van der Waals surface area contributed by atoms with E-state index in [1.807, 2.05) is 0 Å². The SMILES string of the molecule is CCCCCCCC=CCCN. The van der Waals surface area contributed by atoms with Crippen LogP contribution in [0.15, 0.2) is 12.2 Å². The van der Waals surface area contributed by atoms with E-state index in [4.69, 9.17) is 5.73 Å². The second kappa shape index (κ2) is 10.7. The molecular formula is C11H23N. The van der Waals surface area contributed by atoms with Gasteiger partial charge in [-0.05, 0) is 25.8 Å². The van der Waals surface area contributed by atoms with Crippen molar-refractivity contribution in [3.05, 3.63) is 12.2 Å². The van der Waals surface area contributed by atoms with E-state index in [9.17, 15) is 0 Å². The third-order valence-corrected chi connectivity index (χ3v) is 1.97. The van der Waals surface area contributed by atoms with Gasteiger partial charge in [0.1, 0.15) is 0 Å². The molecule has 0 rings (SSSR count). The van der Waals surface area contributed by atoms with Crippen LogP contribution in [0.2, 0.25) is 0 Å². The van der Waals surface area contributed by atoms with Crippen LogP contribution in [-0.4, -0.2) is 6.54 Å². The Kier molecular flexibility index (Phi) is 10.4. The number of nitrogens with two attached hydrogens (primary N) is 1. The van der Waals surface area contributed by atoms with Crippen molar-refractivity contribution in [2.45, 2.75) is 51.9 Å². The Labute approximate surface area is 77.0 Å². The highest BCUT2D eigenvalue weighted by molar-refractivity contribution is 4.81. The van der Waals surface area contributed by atoms with E-state index in [1.165, 1.54) is 38.5 Å². The van der Waals surface area contributed by atoms with Crippen LogP contribution in [0.3, 0.4) is 0 Å². The Balaban J connectivity index is 2.90. The molecule has 0 heterocycles. The molecule has 0 aromatic carbocycles. The highest BCUT2D eigenvalue weighted by Crippen LogP contribution is 2.05. The van der Waals surface area contributed by atoms with E-state index in [0.717, 1.165) is 13.0 Å². The lowest BCUT2D eigenvalue weighted by molar-refractivity contribution is 0.637. The minimum absolute atomic E-state index is 0.784. The van der Waals surface area contributed by atoms with Gasteiger partial charge in [-0.1, -0.05) is 44.8 Å². The molecule has 2 N–H and O–H groups in total. The van der Waals surface area contributed by atoms with Gasteiger partial charge in [0, 0.05) is 0 Å². The van der Waals surface area contributed by atoms with Crippen LogP contribution >= 0.6 is 0 Å². The minimum atomic E-state index is 0.784. The molecule has 0 aromatic heterocycles. The fourth-order valence-corrected chi connectivity index (χ4v) is 1.20. The first-order valence-corrected chi connectivity index (χ1v) is 5.27. The molecule has 0 saturated carbocycles. The molecule has 12 heavy (non-hydrogen) atoms. The summed E-state index contributed by atoms with van der Waals surface area (Å²) in [5.41, 5.74) is 5.36. The number of rotatable bonds is 8. The summed E-state index contributed by atoms with van der Waals surface area (Å²) in [5, 5.41) is 0. The third-order valence-electron chi connectivity index (χ3n) is 1.97. The Bertz CT molecular complexity index is 97.2. The highest BCUT2D eigenvalue weighted by Gasteiger charge is 1.85. The molecule has 0 aliphatic heterocycles. The molecule has 0 amide bonds. The lowest BCUT2D eigenvalue weighted by Gasteiger charge is -1.95. The molecule has 0 unspecified atom stereocenters. The molecule has 0 saturated heterocycles. The van der Waals surface area contributed by atoms with Crippen LogP contribution in [0.25, 0.3) is 0 Å². The van der Waals surface area contributed by atoms with Gasteiger partial charge in [0.05, 0.1) is 0 Å². The summed E-state index contributed by atoms with van der Waals surface area (Å²) < 4.78 is 0. The second-order valence-electron chi connectivity index (χ2n) is 3.25. The monoisotopic (exact) mass is 169 g/mol. The largest absolute Gasteiger partial charge is 0.330 e. The summed E-state index contributed by atoms with van der Waals surface area (Å²) in [7, 11) is 0. The lowest BCUT2D eigenvalue weighted by atomic mass is 10.1. The fourth-order valence-electron chi connectivity index (χ4n) is 1.20. The first-order chi connectivity index (χ1) is 5.91. The number of unbranched alkanes of at least 4 members (excludes halogenated alkanes) is 5. The zero-order valence-corrected chi connectivity index (χ0v) is 8.39. The van der Waals surface area contributed by atoms with Gasteiger partial charge in [0.25, 0.3) is 0 Å². The van der Waals surface area contributed by atoms with E-state index in [2.05, 4.69) is 19.1 Å². The molecule has 72 valence electrons. The summed E-state index contributed by atoms with van der Waals surface area (Å²) in [6.07, 6.45) is 13.6. The molecule has 1 heteroatoms. The number of allylic oxidation sites excluding steroid dienone is 1. The standard InChI is InChI=1S/C11H23N/c1-2-3-4-5-6-7-8-9-10-11-12/h8-9H,2-7,10-12H2,1H3. The zero-order chi connectivity index (χ0) is 9.07. The van der Waals surface area contributed by atoms with Crippen LogP contribution < -0.4 is 5.73 Å². The van der Waals surface area contributed by atoms with Gasteiger partial charge in [0.15, 0.2) is 0 Å². The van der Waals surface area contributed by atoms with Crippen LogP contribution in [0.1, 0.15) is 51.9 Å². The average Bonchev–Trinajstić information content (AvgIpc) is 2.10. The van der Waals surface area contributed by atoms with Gasteiger partial charge >= 0.3 is 0 Å². The van der Waals surface area contributed by atoms with E-state index < -0.39 is 0 Å². The Morgan fingerprint density at radius 2 is 1.58 bits per heavy atom. The molecule has 0 atom stereocenters. The van der Waals surface area contributed by atoms with Crippen molar-refractivity contribution in [1.82, 2.24) is 0 Å². The Hall–Kier alpha value is -0.300. The Morgan fingerprint density at radius 3 is 2.25 bits per heavy atom. The predicted molar refractivity (Wildman–Crippen MR) is 56.2 cm³/mol. The lowest BCUT2D eigenvalue weighted by Crippen LogP contribution is -1.94. The van der Waals surface area contributed by atoms with Gasteiger partial charge in [-0.25, -0.2) is 0 Å². The average molecular weight is 169 g/mol. The molecule has 0 spiro atoms. The molecule has 0 aliphatic rings. The Morgan fingerprint density at radius 1 is 0.917 bits per heavy atom. The molecule has 0 aromatic rings. The van der Waals surface area contributed by atoms with Crippen molar-refractivity contribution in [3.8, 4) is 0 Å². The van der Waals surface area contributed by atoms with Crippen LogP contribution in [0, 0.1) is 0 Å². The van der Waals surface area contributed by atoms with Crippen molar-refractivity contribution in [1.29, 1.82) is 0 Å². The fraction of sp³-hybridized carbons (Fsp3) is 0.818. The smallest absolute Gasteiger partial charge is 0.00426 e. The van der Waals surface area contributed by atoms with Crippen molar-refractivity contribution in [2.24, 2.45) is 5.73 Å². The number of hydrogen-bond acceptors (Lipinski definition) is 1. The second-order valence-corrected chi connectivity index (χ2v) is 3.25. The third kappa shape index (κ3) is 9.70. The van der Waals surface area contributed by atoms with Gasteiger partial charge in [-0.15, -0.1) is 0 Å². The first kappa shape index (κ1) is 11.7. The van der Waals surface area contributed by atoms with Crippen molar-refractivity contribution in [2.75, 3.05) is 6.54 Å². The molecule has 1 nitrogen and oxygen atoms in total. The van der Waals surface area contributed by atoms with E-state index in [1.54, 1.807) is 0 Å². The van der Waals surface area contributed by atoms with Crippen LogP contribution in [0.5, 0.6) is 0 Å². The molecular weight excluding hydrogens is 146 g/mol. The first-order valence-electron chi connectivity index (χ1n) is 5.27. The zero-order valence-electron chi connectivity index (χ0n) is 8.39. The maximum Gasteiger partial charge on any atom is -0.00426 e. The van der Waals surface area contributed by atoms with Crippen molar-refractivity contribution < 1.29 is 0 Å². The number of hydrogen-bond donors (Lipinski definition) is 1. The highest BCUT2D eigenvalue weighted by atomic mass is 14.5. The summed E-state index contributed by atoms with van der Waals surface area (Å²) in [6, 6.07) is 0. The summed E-state index contributed by atoms with van der Waals surface area (Å²) in [5.74, 6) is 0. The van der Waals surface area contributed by atoms with Crippen molar-refractivity contribution >= 4 is 0 Å². The quantitative estimate of drug-likeness (QED) is 0.438. The summed E-state index contributed by atoms with van der Waals surface area (Å²) in [4.78, 5) is 0. The van der Waals surface area contributed by atoms with E-state index in [-0.39, 0.29) is 0 Å². The van der Waals surface area contributed by atoms with Crippen LogP contribution in [-0.2, 0) is 0 Å². The van der Waals surface area contributed by atoms with E-state index >= 15 is 0 Å². The summed E-state index contributed by atoms with van der Waals surface area (Å²) >= 11 is 0. The molecule has 0 fully saturated rings. The van der Waals surface area contributed by atoms with Crippen LogP contribution in [0.4, 0.5) is 0 Å². The topological polar surface area (TPSA) is 26.0 Å². The van der Waals surface area contributed by atoms with Gasteiger partial charge in [0.2, 0.25) is 0 Å². The van der Waals surface area contributed by atoms with Gasteiger partial charge in [-0.3, -0.25) is 0 Å². The minimum Gasteiger partial charge on any atom is -0.330 e. The normalized spacial score (nSPS) is 11.2. The molecule has 0 radical (unpaired) electrons. The maximum absolute atomic E-state index is 5.36. The van der Waals surface area contributed by atoms with Crippen molar-refractivity contribution in [3.63, 3.8) is 0 Å².